The molecule has 1 aliphatic carbocycles. The molecular formula is C9H18ClNO4. The molecule has 0 aromatic rings. The molecule has 0 atom stereocenters. The zero-order valence-electron chi connectivity index (χ0n) is 9.02. The maximum atomic E-state index is 10.6. The summed E-state index contributed by atoms with van der Waals surface area (Å²) in [5.74, 6) is 0. The SMILES string of the molecule is COC(=O)ON[C@H]1CC[C@@H](OC)CC1.Cl. The lowest BCUT2D eigenvalue weighted by Gasteiger charge is -2.27. The summed E-state index contributed by atoms with van der Waals surface area (Å²) in [7, 11) is 3.01. The molecule has 15 heavy (non-hydrogen) atoms. The molecule has 0 unspecified atom stereocenters. The molecule has 1 aliphatic rings. The van der Waals surface area contributed by atoms with Gasteiger partial charge in [-0.2, -0.15) is 0 Å². The molecule has 6 heteroatoms. The van der Waals surface area contributed by atoms with E-state index in [-0.39, 0.29) is 18.4 Å². The van der Waals surface area contributed by atoms with Gasteiger partial charge in [0.25, 0.3) is 0 Å². The van der Waals surface area contributed by atoms with Gasteiger partial charge < -0.3 is 14.3 Å². The lowest BCUT2D eigenvalue weighted by atomic mass is 9.94. The minimum atomic E-state index is -0.695. The van der Waals surface area contributed by atoms with E-state index in [0.717, 1.165) is 25.7 Å². The maximum absolute atomic E-state index is 10.6. The summed E-state index contributed by atoms with van der Waals surface area (Å²) < 4.78 is 9.56. The number of hydroxylamine groups is 1. The number of hydrogen-bond acceptors (Lipinski definition) is 5. The molecule has 0 aromatic heterocycles. The van der Waals surface area contributed by atoms with E-state index in [1.165, 1.54) is 7.11 Å². The van der Waals surface area contributed by atoms with Gasteiger partial charge in [-0.05, 0) is 25.7 Å². The molecule has 0 heterocycles. The minimum absolute atomic E-state index is 0. The molecule has 1 rings (SSSR count). The van der Waals surface area contributed by atoms with Crippen molar-refractivity contribution in [2.75, 3.05) is 14.2 Å². The fourth-order valence-corrected chi connectivity index (χ4v) is 1.59. The van der Waals surface area contributed by atoms with Gasteiger partial charge >= 0.3 is 6.16 Å². The van der Waals surface area contributed by atoms with Gasteiger partial charge in [-0.25, -0.2) is 4.79 Å². The van der Waals surface area contributed by atoms with Gasteiger partial charge in [-0.15, -0.1) is 17.9 Å². The molecule has 0 amide bonds. The second kappa shape index (κ2) is 7.73. The Labute approximate surface area is 95.8 Å². The Morgan fingerprint density at radius 1 is 1.20 bits per heavy atom. The van der Waals surface area contributed by atoms with Gasteiger partial charge in [-0.1, -0.05) is 0 Å². The summed E-state index contributed by atoms with van der Waals surface area (Å²) in [5.41, 5.74) is 2.69. The first-order valence-corrected chi connectivity index (χ1v) is 4.79. The van der Waals surface area contributed by atoms with E-state index in [0.29, 0.717) is 6.10 Å². The molecule has 1 saturated carbocycles. The average molecular weight is 240 g/mol. The zero-order chi connectivity index (χ0) is 10.4. The molecule has 0 radical (unpaired) electrons. The maximum Gasteiger partial charge on any atom is 0.527 e. The molecule has 90 valence electrons. The molecule has 0 spiro atoms. The summed E-state index contributed by atoms with van der Waals surface area (Å²) in [4.78, 5) is 15.3. The van der Waals surface area contributed by atoms with Crippen LogP contribution in [0.2, 0.25) is 0 Å². The third kappa shape index (κ3) is 5.20. The molecule has 0 saturated heterocycles. The topological polar surface area (TPSA) is 56.8 Å². The van der Waals surface area contributed by atoms with Crippen LogP contribution in [-0.4, -0.2) is 32.5 Å². The van der Waals surface area contributed by atoms with E-state index in [2.05, 4.69) is 15.1 Å². The first kappa shape index (κ1) is 14.5. The van der Waals surface area contributed by atoms with Crippen LogP contribution in [0.15, 0.2) is 0 Å². The van der Waals surface area contributed by atoms with Crippen molar-refractivity contribution in [3.8, 4) is 0 Å². The number of halogens is 1. The van der Waals surface area contributed by atoms with Crippen molar-refractivity contribution in [3.05, 3.63) is 0 Å². The first-order chi connectivity index (χ1) is 6.76. The average Bonchev–Trinajstić information content (AvgIpc) is 2.26. The third-order valence-corrected chi connectivity index (χ3v) is 2.48. The Morgan fingerprint density at radius 3 is 2.27 bits per heavy atom. The monoisotopic (exact) mass is 239 g/mol. The van der Waals surface area contributed by atoms with Crippen LogP contribution in [0.5, 0.6) is 0 Å². The largest absolute Gasteiger partial charge is 0.527 e. The van der Waals surface area contributed by atoms with Crippen molar-refractivity contribution < 1.29 is 19.1 Å². The molecule has 0 aliphatic heterocycles. The Morgan fingerprint density at radius 2 is 1.80 bits per heavy atom. The predicted octanol–water partition coefficient (Wildman–Crippen LogP) is 1.65. The van der Waals surface area contributed by atoms with Crippen molar-refractivity contribution in [1.29, 1.82) is 0 Å². The van der Waals surface area contributed by atoms with Crippen LogP contribution >= 0.6 is 12.4 Å². The lowest BCUT2D eigenvalue weighted by molar-refractivity contribution is -0.00536. The van der Waals surface area contributed by atoms with E-state index < -0.39 is 6.16 Å². The summed E-state index contributed by atoms with van der Waals surface area (Å²) in [5, 5.41) is 0. The van der Waals surface area contributed by atoms with E-state index in [1.807, 2.05) is 0 Å². The van der Waals surface area contributed by atoms with Gasteiger partial charge in [-0.3, -0.25) is 0 Å². The van der Waals surface area contributed by atoms with Gasteiger partial charge in [0.1, 0.15) is 0 Å². The van der Waals surface area contributed by atoms with Crippen molar-refractivity contribution in [1.82, 2.24) is 5.48 Å². The molecule has 0 bridgehead atoms. The second-order valence-electron chi connectivity index (χ2n) is 3.38. The number of rotatable bonds is 3. The van der Waals surface area contributed by atoms with Crippen LogP contribution in [0.4, 0.5) is 4.79 Å². The fraction of sp³-hybridized carbons (Fsp3) is 0.889. The standard InChI is InChI=1S/C9H17NO4.ClH/c1-12-8-5-3-7(4-6-8)10-14-9(11)13-2;/h7-8,10H,3-6H2,1-2H3;1H/t7-,8+;. The van der Waals surface area contributed by atoms with E-state index in [1.54, 1.807) is 7.11 Å². The number of nitrogens with one attached hydrogen (secondary N) is 1. The van der Waals surface area contributed by atoms with Gasteiger partial charge in [0, 0.05) is 13.2 Å². The number of hydrogen-bond donors (Lipinski definition) is 1. The second-order valence-corrected chi connectivity index (χ2v) is 3.38. The fourth-order valence-electron chi connectivity index (χ4n) is 1.59. The van der Waals surface area contributed by atoms with Gasteiger partial charge in [0.2, 0.25) is 0 Å². The smallest absolute Gasteiger partial charge is 0.436 e. The van der Waals surface area contributed by atoms with Crippen molar-refractivity contribution >= 4 is 18.6 Å². The Kier molecular flexibility index (Phi) is 7.46. The molecule has 5 nitrogen and oxygen atoms in total. The summed E-state index contributed by atoms with van der Waals surface area (Å²) in [6.07, 6.45) is 3.56. The van der Waals surface area contributed by atoms with Gasteiger partial charge in [0.15, 0.2) is 0 Å². The van der Waals surface area contributed by atoms with Crippen LogP contribution in [0, 0.1) is 0 Å². The summed E-state index contributed by atoms with van der Waals surface area (Å²) in [6, 6.07) is 0.223. The van der Waals surface area contributed by atoms with Crippen molar-refractivity contribution in [3.63, 3.8) is 0 Å². The normalized spacial score (nSPS) is 25.2. The summed E-state index contributed by atoms with van der Waals surface area (Å²) in [6.45, 7) is 0. The number of carbonyl (C=O) groups is 1. The van der Waals surface area contributed by atoms with E-state index >= 15 is 0 Å². The Balaban J connectivity index is 0.00000196. The Bertz CT molecular complexity index is 183. The molecule has 1 N–H and O–H groups in total. The van der Waals surface area contributed by atoms with Crippen LogP contribution in [0.3, 0.4) is 0 Å². The van der Waals surface area contributed by atoms with Gasteiger partial charge in [0.05, 0.1) is 13.2 Å². The third-order valence-electron chi connectivity index (χ3n) is 2.48. The van der Waals surface area contributed by atoms with Crippen LogP contribution in [0.1, 0.15) is 25.7 Å². The highest BCUT2D eigenvalue weighted by atomic mass is 35.5. The number of carbonyl (C=O) groups excluding carboxylic acids is 1. The number of ether oxygens (including phenoxy) is 2. The highest BCUT2D eigenvalue weighted by Gasteiger charge is 2.21. The summed E-state index contributed by atoms with van der Waals surface area (Å²) >= 11 is 0. The molecular weight excluding hydrogens is 222 g/mol. The van der Waals surface area contributed by atoms with Crippen molar-refractivity contribution in [2.24, 2.45) is 0 Å². The Hall–Kier alpha value is -0.520. The zero-order valence-corrected chi connectivity index (χ0v) is 9.84. The molecule has 1 fully saturated rings. The van der Waals surface area contributed by atoms with Crippen LogP contribution < -0.4 is 5.48 Å². The first-order valence-electron chi connectivity index (χ1n) is 4.79. The quantitative estimate of drug-likeness (QED) is 0.600. The van der Waals surface area contributed by atoms with Crippen molar-refractivity contribution in [2.45, 2.75) is 37.8 Å². The lowest BCUT2D eigenvalue weighted by Crippen LogP contribution is -2.36. The highest BCUT2D eigenvalue weighted by molar-refractivity contribution is 5.85. The van der Waals surface area contributed by atoms with E-state index in [4.69, 9.17) is 4.74 Å². The van der Waals surface area contributed by atoms with Crippen LogP contribution in [-0.2, 0) is 14.3 Å². The predicted molar refractivity (Wildman–Crippen MR) is 56.9 cm³/mol. The highest BCUT2D eigenvalue weighted by Crippen LogP contribution is 2.20. The molecule has 0 aromatic carbocycles. The van der Waals surface area contributed by atoms with Crippen LogP contribution in [0.25, 0.3) is 0 Å². The number of methoxy groups -OCH3 is 2. The van der Waals surface area contributed by atoms with E-state index in [9.17, 15) is 4.79 Å². The minimum Gasteiger partial charge on any atom is -0.436 e.